The van der Waals surface area contributed by atoms with Crippen LogP contribution < -0.4 is 14.8 Å². The molecule has 0 radical (unpaired) electrons. The first-order chi connectivity index (χ1) is 9.83. The summed E-state index contributed by atoms with van der Waals surface area (Å²) in [5.74, 6) is 2.64. The van der Waals surface area contributed by atoms with Gasteiger partial charge in [-0.25, -0.2) is 0 Å². The van der Waals surface area contributed by atoms with E-state index in [1.54, 1.807) is 0 Å². The molecule has 0 spiro atoms. The lowest BCUT2D eigenvalue weighted by atomic mass is 9.99. The maximum atomic E-state index is 5.74. The zero-order valence-corrected chi connectivity index (χ0v) is 12.4. The van der Waals surface area contributed by atoms with E-state index in [0.29, 0.717) is 6.04 Å². The van der Waals surface area contributed by atoms with Crippen molar-refractivity contribution in [3.8, 4) is 11.5 Å². The van der Waals surface area contributed by atoms with Gasteiger partial charge >= 0.3 is 0 Å². The Kier molecular flexibility index (Phi) is 4.46. The summed E-state index contributed by atoms with van der Waals surface area (Å²) in [6, 6.07) is 6.91. The summed E-state index contributed by atoms with van der Waals surface area (Å²) in [5.41, 5.74) is 1.28. The van der Waals surface area contributed by atoms with Crippen LogP contribution >= 0.6 is 0 Å². The maximum absolute atomic E-state index is 5.74. The number of hydrogen-bond acceptors (Lipinski definition) is 3. The molecule has 0 bridgehead atoms. The Morgan fingerprint density at radius 1 is 1.10 bits per heavy atom. The third kappa shape index (κ3) is 3.26. The van der Waals surface area contributed by atoms with Gasteiger partial charge in [0.15, 0.2) is 11.5 Å². The van der Waals surface area contributed by atoms with E-state index in [1.807, 2.05) is 6.07 Å². The lowest BCUT2D eigenvalue weighted by Crippen LogP contribution is -2.31. The zero-order valence-electron chi connectivity index (χ0n) is 12.4. The molecular formula is C17H25NO2. The Hall–Kier alpha value is -1.22. The first-order valence-corrected chi connectivity index (χ1v) is 7.95. The molecule has 1 aromatic rings. The largest absolute Gasteiger partial charge is 0.490 e. The standard InChI is InChI=1S/C17H25NO2/c1-13(15-5-2-3-6-15)18-12-14-7-8-16-17(11-14)20-10-4-9-19-16/h7-8,11,13,15,18H,2-6,9-10,12H2,1H3. The molecule has 3 heteroatoms. The van der Waals surface area contributed by atoms with Gasteiger partial charge in [0.05, 0.1) is 13.2 Å². The van der Waals surface area contributed by atoms with Crippen LogP contribution in [-0.2, 0) is 6.54 Å². The van der Waals surface area contributed by atoms with Crippen molar-refractivity contribution in [2.45, 2.75) is 51.6 Å². The topological polar surface area (TPSA) is 30.5 Å². The Labute approximate surface area is 121 Å². The molecule has 3 nitrogen and oxygen atoms in total. The molecule has 1 unspecified atom stereocenters. The van der Waals surface area contributed by atoms with Crippen molar-refractivity contribution >= 4 is 0 Å². The minimum Gasteiger partial charge on any atom is -0.490 e. The van der Waals surface area contributed by atoms with Crippen LogP contribution in [0.3, 0.4) is 0 Å². The van der Waals surface area contributed by atoms with Crippen LogP contribution in [0.4, 0.5) is 0 Å². The SMILES string of the molecule is CC(NCc1ccc2c(c1)OCCCO2)C1CCCC1. The van der Waals surface area contributed by atoms with E-state index in [1.165, 1.54) is 31.2 Å². The molecule has 1 aromatic carbocycles. The van der Waals surface area contributed by atoms with E-state index in [2.05, 4.69) is 24.4 Å². The minimum absolute atomic E-state index is 0.605. The van der Waals surface area contributed by atoms with Crippen molar-refractivity contribution in [3.63, 3.8) is 0 Å². The van der Waals surface area contributed by atoms with Gasteiger partial charge in [-0.1, -0.05) is 18.9 Å². The highest BCUT2D eigenvalue weighted by atomic mass is 16.5. The first-order valence-electron chi connectivity index (χ1n) is 7.95. The van der Waals surface area contributed by atoms with Gasteiger partial charge in [0.1, 0.15) is 0 Å². The van der Waals surface area contributed by atoms with Crippen LogP contribution in [0.2, 0.25) is 0 Å². The summed E-state index contributed by atoms with van der Waals surface area (Å²) in [6.45, 7) is 4.74. The highest BCUT2D eigenvalue weighted by Crippen LogP contribution is 2.31. The monoisotopic (exact) mass is 275 g/mol. The molecule has 1 aliphatic heterocycles. The molecule has 1 heterocycles. The molecular weight excluding hydrogens is 250 g/mol. The second-order valence-corrected chi connectivity index (χ2v) is 6.05. The van der Waals surface area contributed by atoms with E-state index in [0.717, 1.165) is 43.6 Å². The molecule has 2 aliphatic rings. The van der Waals surface area contributed by atoms with Crippen LogP contribution in [0.5, 0.6) is 11.5 Å². The number of fused-ring (bicyclic) bond motifs is 1. The maximum Gasteiger partial charge on any atom is 0.161 e. The minimum atomic E-state index is 0.605. The van der Waals surface area contributed by atoms with Crippen LogP contribution in [0.25, 0.3) is 0 Å². The third-order valence-corrected chi connectivity index (χ3v) is 4.55. The Bertz CT molecular complexity index is 441. The second-order valence-electron chi connectivity index (χ2n) is 6.05. The van der Waals surface area contributed by atoms with Gasteiger partial charge in [0.2, 0.25) is 0 Å². The van der Waals surface area contributed by atoms with E-state index in [4.69, 9.17) is 9.47 Å². The van der Waals surface area contributed by atoms with Crippen molar-refractivity contribution in [2.24, 2.45) is 5.92 Å². The molecule has 0 saturated heterocycles. The van der Waals surface area contributed by atoms with E-state index < -0.39 is 0 Å². The van der Waals surface area contributed by atoms with Crippen molar-refractivity contribution in [1.82, 2.24) is 5.32 Å². The highest BCUT2D eigenvalue weighted by Gasteiger charge is 2.21. The second kappa shape index (κ2) is 6.49. The average Bonchev–Trinajstić information content (AvgIpc) is 2.90. The number of ether oxygens (including phenoxy) is 2. The third-order valence-electron chi connectivity index (χ3n) is 4.55. The fraction of sp³-hybridized carbons (Fsp3) is 0.647. The Balaban J connectivity index is 1.58. The normalized spacial score (nSPS) is 20.6. The quantitative estimate of drug-likeness (QED) is 0.912. The van der Waals surface area contributed by atoms with E-state index >= 15 is 0 Å². The summed E-state index contributed by atoms with van der Waals surface area (Å²) in [6.07, 6.45) is 6.53. The lowest BCUT2D eigenvalue weighted by molar-refractivity contribution is 0.297. The predicted octanol–water partition coefficient (Wildman–Crippen LogP) is 3.52. The Morgan fingerprint density at radius 3 is 2.65 bits per heavy atom. The fourth-order valence-corrected chi connectivity index (χ4v) is 3.22. The van der Waals surface area contributed by atoms with Crippen LogP contribution in [0.1, 0.15) is 44.6 Å². The van der Waals surface area contributed by atoms with Gasteiger partial charge < -0.3 is 14.8 Å². The predicted molar refractivity (Wildman–Crippen MR) is 80.3 cm³/mol. The van der Waals surface area contributed by atoms with Gasteiger partial charge in [0.25, 0.3) is 0 Å². The summed E-state index contributed by atoms with van der Waals surface area (Å²) >= 11 is 0. The van der Waals surface area contributed by atoms with Gasteiger partial charge in [-0.15, -0.1) is 0 Å². The lowest BCUT2D eigenvalue weighted by Gasteiger charge is -2.20. The molecule has 0 aromatic heterocycles. The molecule has 1 aliphatic carbocycles. The molecule has 20 heavy (non-hydrogen) atoms. The first kappa shape index (κ1) is 13.7. The number of hydrogen-bond donors (Lipinski definition) is 1. The van der Waals surface area contributed by atoms with Gasteiger partial charge in [-0.2, -0.15) is 0 Å². The van der Waals surface area contributed by atoms with Gasteiger partial charge in [-0.05, 0) is 43.4 Å². The molecule has 3 rings (SSSR count). The fourth-order valence-electron chi connectivity index (χ4n) is 3.22. The van der Waals surface area contributed by atoms with Crippen molar-refractivity contribution in [3.05, 3.63) is 23.8 Å². The van der Waals surface area contributed by atoms with Gasteiger partial charge in [-0.3, -0.25) is 0 Å². The molecule has 1 saturated carbocycles. The highest BCUT2D eigenvalue weighted by molar-refractivity contribution is 5.43. The molecule has 1 atom stereocenters. The smallest absolute Gasteiger partial charge is 0.161 e. The van der Waals surface area contributed by atoms with Crippen LogP contribution in [0, 0.1) is 5.92 Å². The number of rotatable bonds is 4. The molecule has 110 valence electrons. The van der Waals surface area contributed by atoms with Crippen molar-refractivity contribution < 1.29 is 9.47 Å². The van der Waals surface area contributed by atoms with E-state index in [9.17, 15) is 0 Å². The molecule has 0 amide bonds. The van der Waals surface area contributed by atoms with E-state index in [-0.39, 0.29) is 0 Å². The molecule has 1 N–H and O–H groups in total. The zero-order chi connectivity index (χ0) is 13.8. The summed E-state index contributed by atoms with van der Waals surface area (Å²) in [5, 5.41) is 3.67. The average molecular weight is 275 g/mol. The molecule has 1 fully saturated rings. The Morgan fingerprint density at radius 2 is 1.85 bits per heavy atom. The number of benzene rings is 1. The van der Waals surface area contributed by atoms with Crippen molar-refractivity contribution in [2.75, 3.05) is 13.2 Å². The van der Waals surface area contributed by atoms with Crippen LogP contribution in [0.15, 0.2) is 18.2 Å². The van der Waals surface area contributed by atoms with Gasteiger partial charge in [0, 0.05) is 19.0 Å². The summed E-state index contributed by atoms with van der Waals surface area (Å²) in [7, 11) is 0. The van der Waals surface area contributed by atoms with Crippen molar-refractivity contribution in [1.29, 1.82) is 0 Å². The summed E-state index contributed by atoms with van der Waals surface area (Å²) < 4.78 is 11.4. The van der Waals surface area contributed by atoms with Crippen LogP contribution in [-0.4, -0.2) is 19.3 Å². The summed E-state index contributed by atoms with van der Waals surface area (Å²) in [4.78, 5) is 0. The number of nitrogens with one attached hydrogen (secondary N) is 1.